The van der Waals surface area contributed by atoms with Crippen LogP contribution in [-0.4, -0.2) is 41.4 Å². The van der Waals surface area contributed by atoms with Crippen molar-refractivity contribution in [3.63, 3.8) is 0 Å². The van der Waals surface area contributed by atoms with Crippen molar-refractivity contribution in [3.8, 4) is 0 Å². The third kappa shape index (κ3) is 22.5. The van der Waals surface area contributed by atoms with Gasteiger partial charge in [0.25, 0.3) is 20.5 Å². The van der Waals surface area contributed by atoms with Gasteiger partial charge in [0.05, 0.1) is 7.11 Å². The zero-order chi connectivity index (χ0) is 11.8. The summed E-state index contributed by atoms with van der Waals surface area (Å²) in [6.07, 6.45) is 0. The Morgan fingerprint density at radius 2 is 1.93 bits per heavy atom. The normalized spacial score (nSPS) is 9.29. The lowest BCUT2D eigenvalue weighted by molar-refractivity contribution is 0.394. The average Bonchev–Trinajstić information content (AvgIpc) is 1.97. The molecule has 0 aromatic rings. The Morgan fingerprint density at radius 1 is 1.57 bits per heavy atom. The van der Waals surface area contributed by atoms with E-state index in [-0.39, 0.29) is 5.17 Å². The molecule has 0 unspecified atom stereocenters. The highest BCUT2D eigenvalue weighted by molar-refractivity contribution is 7.85. The van der Waals surface area contributed by atoms with Crippen LogP contribution in [0.2, 0.25) is 0 Å². The van der Waals surface area contributed by atoms with Gasteiger partial charge in [-0.3, -0.25) is 4.55 Å². The number of hydrogen-bond donors (Lipinski definition) is 4. The lowest BCUT2D eigenvalue weighted by Crippen LogP contribution is -2.28. The Labute approximate surface area is 92.0 Å². The summed E-state index contributed by atoms with van der Waals surface area (Å²) in [7, 11) is -2.72. The van der Waals surface area contributed by atoms with Gasteiger partial charge in [0, 0.05) is 0 Å². The van der Waals surface area contributed by atoms with E-state index < -0.39 is 21.2 Å². The first-order valence-electron chi connectivity index (χ1n) is 2.94. The highest BCUT2D eigenvalue weighted by Crippen LogP contribution is 1.78. The Morgan fingerprint density at radius 3 is 2.14 bits per heavy atom. The molecule has 5 N–H and O–H groups in total. The van der Waals surface area contributed by atoms with Crippen molar-refractivity contribution < 1.29 is 22.8 Å². The van der Waals surface area contributed by atoms with Gasteiger partial charge >= 0.3 is 0 Å². The number of aliphatic hydroxyl groups is 1. The summed E-state index contributed by atoms with van der Waals surface area (Å²) in [5.41, 5.74) is 4.40. The SMILES string of the molecule is COC(=S)NCS(=O)(=O)O.NC(O)=S. The highest BCUT2D eigenvalue weighted by Gasteiger charge is 2.03. The van der Waals surface area contributed by atoms with Crippen molar-refractivity contribution in [2.45, 2.75) is 0 Å². The van der Waals surface area contributed by atoms with Gasteiger partial charge in [-0.2, -0.15) is 8.42 Å². The number of nitrogens with one attached hydrogen (secondary N) is 1. The molecule has 10 heteroatoms. The standard InChI is InChI=1S/C3H7NO4S2.CH3NOS/c1-8-3(9)4-2-10(5,6)7;2-1(3)4/h2H2,1H3,(H,4,9)(H,5,6,7);(H3,2,3,4). The minimum atomic E-state index is -4.01. The van der Waals surface area contributed by atoms with E-state index in [1.807, 2.05) is 0 Å². The molecular weight excluding hydrogens is 252 g/mol. The molecule has 0 saturated heterocycles. The average molecular weight is 262 g/mol. The number of hydrogen-bond acceptors (Lipinski definition) is 5. The molecule has 0 heterocycles. The fourth-order valence-corrected chi connectivity index (χ4v) is 0.699. The van der Waals surface area contributed by atoms with Gasteiger partial charge < -0.3 is 20.9 Å². The van der Waals surface area contributed by atoms with Crippen LogP contribution < -0.4 is 11.1 Å². The van der Waals surface area contributed by atoms with Crippen molar-refractivity contribution in [3.05, 3.63) is 0 Å². The summed E-state index contributed by atoms with van der Waals surface area (Å²) in [5.74, 6) is -0.625. The molecule has 14 heavy (non-hydrogen) atoms. The zero-order valence-electron chi connectivity index (χ0n) is 7.13. The molecule has 7 nitrogen and oxygen atoms in total. The van der Waals surface area contributed by atoms with E-state index in [1.165, 1.54) is 7.11 Å². The van der Waals surface area contributed by atoms with Crippen molar-refractivity contribution in [1.82, 2.24) is 5.32 Å². The lowest BCUT2D eigenvalue weighted by atomic mass is 11.1. The summed E-state index contributed by atoms with van der Waals surface area (Å²) in [6, 6.07) is 0. The molecule has 0 aromatic carbocycles. The van der Waals surface area contributed by atoms with Crippen LogP contribution in [0.4, 0.5) is 0 Å². The molecule has 0 aliphatic heterocycles. The van der Waals surface area contributed by atoms with E-state index in [0.717, 1.165) is 0 Å². The first kappa shape index (κ1) is 15.7. The second-order valence-corrected chi connectivity index (χ2v) is 3.97. The molecule has 0 aliphatic rings. The molecule has 0 atom stereocenters. The van der Waals surface area contributed by atoms with Crippen LogP contribution in [0.25, 0.3) is 0 Å². The summed E-state index contributed by atoms with van der Waals surface area (Å²) in [5, 5.41) is 9.14. The summed E-state index contributed by atoms with van der Waals surface area (Å²) < 4.78 is 32.6. The Bertz CT molecular complexity index is 283. The van der Waals surface area contributed by atoms with Gasteiger partial charge in [-0.25, -0.2) is 0 Å². The third-order valence-corrected chi connectivity index (χ3v) is 1.40. The van der Waals surface area contributed by atoms with Gasteiger partial charge in [-0.15, -0.1) is 0 Å². The molecule has 0 aliphatic carbocycles. The Balaban J connectivity index is 0. The Hall–Kier alpha value is -0.710. The van der Waals surface area contributed by atoms with Crippen molar-refractivity contribution in [2.24, 2.45) is 5.73 Å². The van der Waals surface area contributed by atoms with Gasteiger partial charge in [-0.1, -0.05) is 0 Å². The molecular formula is C4H10N2O5S3. The molecule has 0 bridgehead atoms. The Kier molecular flexibility index (Phi) is 8.63. The van der Waals surface area contributed by atoms with E-state index in [2.05, 4.69) is 40.2 Å². The van der Waals surface area contributed by atoms with E-state index in [1.54, 1.807) is 0 Å². The van der Waals surface area contributed by atoms with Crippen molar-refractivity contribution in [1.29, 1.82) is 0 Å². The van der Waals surface area contributed by atoms with E-state index in [9.17, 15) is 8.42 Å². The fraction of sp³-hybridized carbons (Fsp3) is 0.500. The van der Waals surface area contributed by atoms with Crippen molar-refractivity contribution >= 4 is 44.9 Å². The van der Waals surface area contributed by atoms with E-state index in [4.69, 9.17) is 9.66 Å². The lowest BCUT2D eigenvalue weighted by Gasteiger charge is -2.02. The quantitative estimate of drug-likeness (QED) is 0.372. The van der Waals surface area contributed by atoms with Gasteiger partial charge in [0.1, 0.15) is 5.88 Å². The number of rotatable bonds is 2. The number of thiocarbonyl (C=S) groups is 2. The number of ether oxygens (including phenoxy) is 1. The molecule has 0 saturated carbocycles. The zero-order valence-corrected chi connectivity index (χ0v) is 9.58. The number of methoxy groups -OCH3 is 1. The van der Waals surface area contributed by atoms with E-state index in [0.29, 0.717) is 0 Å². The van der Waals surface area contributed by atoms with Gasteiger partial charge in [0.15, 0.2) is 0 Å². The minimum Gasteiger partial charge on any atom is -0.487 e. The maximum Gasteiger partial charge on any atom is 0.283 e. The smallest absolute Gasteiger partial charge is 0.283 e. The molecule has 0 fully saturated rings. The second kappa shape index (κ2) is 7.67. The van der Waals surface area contributed by atoms with Crippen LogP contribution in [0.3, 0.4) is 0 Å². The minimum absolute atomic E-state index is 0.0716. The third-order valence-electron chi connectivity index (χ3n) is 0.584. The molecule has 0 radical (unpaired) electrons. The van der Waals surface area contributed by atoms with Crippen LogP contribution in [0.5, 0.6) is 0 Å². The van der Waals surface area contributed by atoms with Gasteiger partial charge in [-0.05, 0) is 24.4 Å². The number of nitrogens with two attached hydrogens (primary N) is 1. The maximum absolute atomic E-state index is 10.0. The summed E-state index contributed by atoms with van der Waals surface area (Å²) >= 11 is 8.28. The number of aliphatic hydroxyl groups excluding tert-OH is 1. The van der Waals surface area contributed by atoms with Crippen LogP contribution in [-0.2, 0) is 14.9 Å². The first-order valence-corrected chi connectivity index (χ1v) is 5.37. The molecule has 0 amide bonds. The molecule has 84 valence electrons. The van der Waals surface area contributed by atoms with Crippen molar-refractivity contribution in [2.75, 3.05) is 13.0 Å². The van der Waals surface area contributed by atoms with Crippen LogP contribution in [0.1, 0.15) is 0 Å². The maximum atomic E-state index is 10.0. The summed E-state index contributed by atoms with van der Waals surface area (Å²) in [4.78, 5) is 0. The van der Waals surface area contributed by atoms with Crippen LogP contribution in [0.15, 0.2) is 0 Å². The van der Waals surface area contributed by atoms with Crippen LogP contribution >= 0.6 is 24.4 Å². The highest BCUT2D eigenvalue weighted by atomic mass is 32.2. The molecule has 0 rings (SSSR count). The summed E-state index contributed by atoms with van der Waals surface area (Å²) in [6.45, 7) is 0. The largest absolute Gasteiger partial charge is 0.487 e. The topological polar surface area (TPSA) is 122 Å². The predicted molar refractivity (Wildman–Crippen MR) is 58.6 cm³/mol. The van der Waals surface area contributed by atoms with E-state index >= 15 is 0 Å². The molecule has 0 spiro atoms. The van der Waals surface area contributed by atoms with Gasteiger partial charge in [0.2, 0.25) is 0 Å². The van der Waals surface area contributed by atoms with Crippen LogP contribution in [0, 0.1) is 0 Å². The second-order valence-electron chi connectivity index (χ2n) is 1.73. The fourth-order valence-electron chi connectivity index (χ4n) is 0.222. The predicted octanol–water partition coefficient (Wildman–Crippen LogP) is -0.859. The molecule has 0 aromatic heterocycles. The monoisotopic (exact) mass is 262 g/mol. The first-order chi connectivity index (χ1) is 6.19.